The Morgan fingerprint density at radius 3 is 2.12 bits per heavy atom. The van der Waals surface area contributed by atoms with Crippen molar-refractivity contribution in [3.63, 3.8) is 0 Å². The smallest absolute Gasteiger partial charge is 0.781 e. The Kier molecular flexibility index (Phi) is 8.30. The molecular weight excluding hydrogens is 668 g/mol. The summed E-state index contributed by atoms with van der Waals surface area (Å²) >= 11 is 5.87. The monoisotopic (exact) mass is 697 g/mol. The van der Waals surface area contributed by atoms with Gasteiger partial charge in [-0.15, -0.1) is 11.4 Å². The van der Waals surface area contributed by atoms with Crippen molar-refractivity contribution >= 4 is 79.8 Å². The fourth-order valence-electron chi connectivity index (χ4n) is 6.98. The van der Waals surface area contributed by atoms with Gasteiger partial charge in [-0.05, 0) is 70.8 Å². The number of fused-ring (bicyclic) bond motifs is 5. The van der Waals surface area contributed by atoms with Crippen molar-refractivity contribution < 1.29 is 23.0 Å². The van der Waals surface area contributed by atoms with Gasteiger partial charge in [0.2, 0.25) is 0 Å². The van der Waals surface area contributed by atoms with Crippen molar-refractivity contribution in [3.8, 4) is 16.8 Å². The molecule has 0 spiro atoms. The van der Waals surface area contributed by atoms with E-state index in [1.165, 1.54) is 27.2 Å². The topological polar surface area (TPSA) is 32.2 Å². The van der Waals surface area contributed by atoms with Gasteiger partial charge >= 0.3 is 18.6 Å². The molecule has 0 aliphatic carbocycles. The fourth-order valence-corrected chi connectivity index (χ4v) is 7.20. The average molecular weight is 698 g/mol. The maximum absolute atomic E-state index is 6.47. The van der Waals surface area contributed by atoms with E-state index in [-0.39, 0.29) is 18.6 Å². The van der Waals surface area contributed by atoms with Crippen LogP contribution in [0.4, 0.5) is 11.4 Å². The first-order valence-electron chi connectivity index (χ1n) is 16.4. The Labute approximate surface area is 308 Å². The quantitative estimate of drug-likeness (QED) is 0.162. The van der Waals surface area contributed by atoms with E-state index in [4.69, 9.17) is 22.4 Å². The molecule has 0 aliphatic heterocycles. The van der Waals surface area contributed by atoms with Crippen LogP contribution in [0.2, 0.25) is 0 Å². The van der Waals surface area contributed by atoms with Crippen LogP contribution in [0.15, 0.2) is 161 Å². The van der Waals surface area contributed by atoms with Crippen molar-refractivity contribution in [2.24, 2.45) is 0 Å². The summed E-state index contributed by atoms with van der Waals surface area (Å²) in [7, 11) is 0. The second-order valence-electron chi connectivity index (χ2n) is 12.4. The molecule has 0 aliphatic rings. The zero-order valence-electron chi connectivity index (χ0n) is 27.2. The summed E-state index contributed by atoms with van der Waals surface area (Å²) in [5.41, 5.74) is 11.2. The molecular formula is C45H30N2OSV. The SMILES string of the molecule is Cc1c(/C=C\c2ccccc2)n(-c2ccc([N-]c3c([S-])ccc4oc5c(-c6ccccc6)cccc5c34)cc2)c2cc3ccccc3cc12.[V+2]. The summed E-state index contributed by atoms with van der Waals surface area (Å²) in [4.78, 5) is 0.691. The van der Waals surface area contributed by atoms with Gasteiger partial charge in [0.25, 0.3) is 0 Å². The Bertz CT molecular complexity index is 2690. The van der Waals surface area contributed by atoms with Crippen LogP contribution in [0.5, 0.6) is 0 Å². The van der Waals surface area contributed by atoms with Crippen LogP contribution in [-0.4, -0.2) is 4.57 Å². The molecule has 1 radical (unpaired) electrons. The Hall–Kier alpha value is -5.52. The van der Waals surface area contributed by atoms with Gasteiger partial charge in [-0.3, -0.25) is 0 Å². The molecule has 0 saturated heterocycles. The third-order valence-corrected chi connectivity index (χ3v) is 9.73. The van der Waals surface area contributed by atoms with Crippen molar-refractivity contribution in [2.75, 3.05) is 0 Å². The maximum atomic E-state index is 6.47. The number of benzene rings is 7. The van der Waals surface area contributed by atoms with Crippen molar-refractivity contribution in [1.29, 1.82) is 0 Å². The van der Waals surface area contributed by atoms with E-state index < -0.39 is 0 Å². The van der Waals surface area contributed by atoms with Crippen LogP contribution in [0, 0.1) is 6.92 Å². The molecule has 5 heteroatoms. The summed E-state index contributed by atoms with van der Waals surface area (Å²) in [6.07, 6.45) is 4.41. The molecule has 0 saturated carbocycles. The first-order chi connectivity index (χ1) is 24.1. The summed E-state index contributed by atoms with van der Waals surface area (Å²) < 4.78 is 8.83. The number of hydrogen-bond donors (Lipinski definition) is 0. The number of furan rings is 1. The molecule has 50 heavy (non-hydrogen) atoms. The number of nitrogens with zero attached hydrogens (tertiary/aromatic N) is 2. The summed E-state index contributed by atoms with van der Waals surface area (Å²) in [6, 6.07) is 52.5. The van der Waals surface area contributed by atoms with Crippen molar-refractivity contribution in [2.45, 2.75) is 11.8 Å². The standard InChI is InChI=1S/C45H31N2OS.V/c1-29-38-27-32-15-8-9-16-33(32)28-40(38)47(39(29)24-19-30-11-4-2-5-12-30)35-22-20-34(21-23-35)46-44-42(49)26-25-41-43(44)37-18-10-17-36(45(37)48-41)31-13-6-3-7-14-31;/h2-28,49H,1H3;/q-1;+2/p-1/b24-19-;. The number of para-hydroxylation sites is 1. The van der Waals surface area contributed by atoms with E-state index in [0.29, 0.717) is 4.90 Å². The van der Waals surface area contributed by atoms with Gasteiger partial charge in [-0.1, -0.05) is 127 Å². The van der Waals surface area contributed by atoms with Crippen LogP contribution in [0.25, 0.3) is 77.9 Å². The first kappa shape index (κ1) is 31.7. The number of aromatic nitrogens is 1. The first-order valence-corrected chi connectivity index (χ1v) is 16.8. The molecule has 7 aromatic carbocycles. The molecule has 0 amide bonds. The van der Waals surface area contributed by atoms with Crippen molar-refractivity contribution in [3.05, 3.63) is 174 Å². The maximum Gasteiger partial charge on any atom is 2.00 e. The average Bonchev–Trinajstić information content (AvgIpc) is 3.66. The molecule has 237 valence electrons. The molecule has 9 aromatic rings. The molecule has 0 N–H and O–H groups in total. The molecule has 2 aromatic heterocycles. The molecule has 0 atom stereocenters. The van der Waals surface area contributed by atoms with Crippen LogP contribution >= 0.6 is 0 Å². The third-order valence-electron chi connectivity index (χ3n) is 9.40. The van der Waals surface area contributed by atoms with Crippen molar-refractivity contribution in [1.82, 2.24) is 4.57 Å². The van der Waals surface area contributed by atoms with E-state index >= 15 is 0 Å². The van der Waals surface area contributed by atoms with Gasteiger partial charge in [0.15, 0.2) is 0 Å². The van der Waals surface area contributed by atoms with Gasteiger partial charge < -0.3 is 26.9 Å². The molecule has 2 heterocycles. The molecule has 9 rings (SSSR count). The predicted molar refractivity (Wildman–Crippen MR) is 208 cm³/mol. The van der Waals surface area contributed by atoms with Crippen LogP contribution in [0.1, 0.15) is 16.8 Å². The van der Waals surface area contributed by atoms with Crippen LogP contribution < -0.4 is 0 Å². The second kappa shape index (κ2) is 13.1. The number of rotatable bonds is 6. The van der Waals surface area contributed by atoms with E-state index in [0.717, 1.165) is 61.4 Å². The number of aryl methyl sites for hydroxylation is 1. The normalized spacial score (nSPS) is 11.5. The Morgan fingerprint density at radius 1 is 0.660 bits per heavy atom. The largest absolute Gasteiger partial charge is 2.00 e. The van der Waals surface area contributed by atoms with Gasteiger partial charge in [0.05, 0.1) is 5.52 Å². The summed E-state index contributed by atoms with van der Waals surface area (Å²) in [5, 5.41) is 10.8. The van der Waals surface area contributed by atoms with Gasteiger partial charge in [-0.25, -0.2) is 0 Å². The minimum atomic E-state index is 0. The Balaban J connectivity index is 0.00000361. The molecule has 0 fully saturated rings. The third kappa shape index (κ3) is 5.48. The fraction of sp³-hybridized carbons (Fsp3) is 0.0222. The van der Waals surface area contributed by atoms with Gasteiger partial charge in [-0.2, -0.15) is 4.90 Å². The van der Waals surface area contributed by atoms with Crippen LogP contribution in [-0.2, 0) is 31.2 Å². The molecule has 3 nitrogen and oxygen atoms in total. The molecule has 0 bridgehead atoms. The van der Waals surface area contributed by atoms with E-state index in [1.54, 1.807) is 0 Å². The molecule has 0 unspecified atom stereocenters. The minimum absolute atomic E-state index is 0. The summed E-state index contributed by atoms with van der Waals surface area (Å²) in [6.45, 7) is 2.21. The van der Waals surface area contributed by atoms with E-state index in [2.05, 4.69) is 139 Å². The Morgan fingerprint density at radius 2 is 1.36 bits per heavy atom. The minimum Gasteiger partial charge on any atom is -0.781 e. The van der Waals surface area contributed by atoms with Crippen LogP contribution in [0.3, 0.4) is 0 Å². The van der Waals surface area contributed by atoms with Gasteiger partial charge in [0.1, 0.15) is 11.2 Å². The van der Waals surface area contributed by atoms with E-state index in [9.17, 15) is 0 Å². The predicted octanol–water partition coefficient (Wildman–Crippen LogP) is 13.1. The summed E-state index contributed by atoms with van der Waals surface area (Å²) in [5.74, 6) is 0. The number of hydrogen-bond acceptors (Lipinski definition) is 2. The zero-order chi connectivity index (χ0) is 32.9. The zero-order valence-corrected chi connectivity index (χ0v) is 29.5. The second-order valence-corrected chi connectivity index (χ2v) is 12.8. The van der Waals surface area contributed by atoms with Gasteiger partial charge in [0, 0.05) is 33.1 Å². The van der Waals surface area contributed by atoms with E-state index in [1.807, 2.05) is 36.4 Å².